The van der Waals surface area contributed by atoms with Crippen molar-refractivity contribution in [3.8, 4) is 0 Å². The van der Waals surface area contributed by atoms with Gasteiger partial charge in [0.25, 0.3) is 5.91 Å². The molecule has 1 aromatic heterocycles. The molecular weight excluding hydrogens is 248 g/mol. The van der Waals surface area contributed by atoms with Crippen molar-refractivity contribution in [3.63, 3.8) is 0 Å². The Morgan fingerprint density at radius 2 is 1.80 bits per heavy atom. The number of aryl methyl sites for hydroxylation is 2. The van der Waals surface area contributed by atoms with E-state index >= 15 is 0 Å². The van der Waals surface area contributed by atoms with Crippen molar-refractivity contribution in [2.24, 2.45) is 0 Å². The number of amides is 1. The maximum atomic E-state index is 12.6. The van der Waals surface area contributed by atoms with E-state index in [0.717, 1.165) is 42.4 Å². The highest BCUT2D eigenvalue weighted by atomic mass is 16.2. The monoisotopic (exact) mass is 272 g/mol. The van der Waals surface area contributed by atoms with Crippen LogP contribution < -0.4 is 0 Å². The zero-order valence-electron chi connectivity index (χ0n) is 12.9. The highest BCUT2D eigenvalue weighted by Gasteiger charge is 2.15. The van der Waals surface area contributed by atoms with Gasteiger partial charge in [0.15, 0.2) is 0 Å². The number of rotatable bonds is 5. The van der Waals surface area contributed by atoms with Crippen molar-refractivity contribution in [1.82, 2.24) is 9.88 Å². The molecule has 0 aliphatic heterocycles. The molecule has 0 bridgehead atoms. The molecule has 3 nitrogen and oxygen atoms in total. The summed E-state index contributed by atoms with van der Waals surface area (Å²) < 4.78 is 0. The molecule has 0 fully saturated rings. The largest absolute Gasteiger partial charge is 0.358 e. The number of hydrogen-bond donors (Lipinski definition) is 1. The summed E-state index contributed by atoms with van der Waals surface area (Å²) in [5, 5.41) is 1.15. The van der Waals surface area contributed by atoms with Crippen LogP contribution in [0.2, 0.25) is 0 Å². The van der Waals surface area contributed by atoms with Crippen LogP contribution in [0.4, 0.5) is 0 Å². The topological polar surface area (TPSA) is 36.1 Å². The van der Waals surface area contributed by atoms with Gasteiger partial charge in [-0.05, 0) is 50.5 Å². The van der Waals surface area contributed by atoms with E-state index in [0.29, 0.717) is 0 Å². The van der Waals surface area contributed by atoms with Crippen LogP contribution in [0.25, 0.3) is 10.9 Å². The maximum absolute atomic E-state index is 12.6. The molecule has 108 valence electrons. The van der Waals surface area contributed by atoms with E-state index in [9.17, 15) is 4.79 Å². The van der Waals surface area contributed by atoms with Crippen LogP contribution in [0.1, 0.15) is 48.3 Å². The van der Waals surface area contributed by atoms with Crippen molar-refractivity contribution >= 4 is 16.8 Å². The molecule has 1 amide bonds. The Balaban J connectivity index is 2.36. The second kappa shape index (κ2) is 6.12. The van der Waals surface area contributed by atoms with Gasteiger partial charge in [0.2, 0.25) is 0 Å². The quantitative estimate of drug-likeness (QED) is 0.876. The Kier molecular flexibility index (Phi) is 4.48. The summed E-state index contributed by atoms with van der Waals surface area (Å²) in [4.78, 5) is 17.9. The lowest BCUT2D eigenvalue weighted by Crippen LogP contribution is -2.32. The number of hydrogen-bond acceptors (Lipinski definition) is 1. The fraction of sp³-hybridized carbons (Fsp3) is 0.471. The van der Waals surface area contributed by atoms with Crippen molar-refractivity contribution < 1.29 is 4.79 Å². The third-order valence-electron chi connectivity index (χ3n) is 3.83. The van der Waals surface area contributed by atoms with Gasteiger partial charge < -0.3 is 9.88 Å². The number of carbonyl (C=O) groups excluding carboxylic acids is 1. The van der Waals surface area contributed by atoms with Crippen LogP contribution in [-0.2, 0) is 0 Å². The Hall–Kier alpha value is -1.77. The Morgan fingerprint density at radius 1 is 1.15 bits per heavy atom. The number of benzene rings is 1. The van der Waals surface area contributed by atoms with Crippen molar-refractivity contribution in [2.75, 3.05) is 13.1 Å². The predicted octanol–water partition coefficient (Wildman–Crippen LogP) is 4.05. The molecule has 0 saturated carbocycles. The van der Waals surface area contributed by atoms with Crippen molar-refractivity contribution in [1.29, 1.82) is 0 Å². The zero-order valence-corrected chi connectivity index (χ0v) is 12.9. The van der Waals surface area contributed by atoms with E-state index in [2.05, 4.69) is 32.7 Å². The number of nitrogens with one attached hydrogen (secondary N) is 1. The van der Waals surface area contributed by atoms with Gasteiger partial charge in [-0.3, -0.25) is 4.79 Å². The summed E-state index contributed by atoms with van der Waals surface area (Å²) >= 11 is 0. The van der Waals surface area contributed by atoms with Crippen LogP contribution in [-0.4, -0.2) is 28.9 Å². The third kappa shape index (κ3) is 2.72. The van der Waals surface area contributed by atoms with Gasteiger partial charge in [-0.1, -0.05) is 13.8 Å². The fourth-order valence-corrected chi connectivity index (χ4v) is 2.63. The standard InChI is InChI=1S/C17H24N2O/c1-5-9-19(10-6-2)17(20)14-7-8-16-15(11-14)12(3)13(4)18-16/h7-8,11,18H,5-6,9-10H2,1-4H3. The average molecular weight is 272 g/mol. The number of carbonyl (C=O) groups is 1. The van der Waals surface area contributed by atoms with Gasteiger partial charge >= 0.3 is 0 Å². The second-order valence-corrected chi connectivity index (χ2v) is 5.43. The molecule has 0 spiro atoms. The summed E-state index contributed by atoms with van der Waals surface area (Å²) in [5.41, 5.74) is 4.30. The molecule has 1 N–H and O–H groups in total. The van der Waals surface area contributed by atoms with Gasteiger partial charge in [-0.2, -0.15) is 0 Å². The second-order valence-electron chi connectivity index (χ2n) is 5.43. The summed E-state index contributed by atoms with van der Waals surface area (Å²) in [6, 6.07) is 5.96. The van der Waals surface area contributed by atoms with E-state index in [1.807, 2.05) is 23.1 Å². The number of aromatic nitrogens is 1. The van der Waals surface area contributed by atoms with Crippen LogP contribution in [0.5, 0.6) is 0 Å². The molecule has 0 radical (unpaired) electrons. The van der Waals surface area contributed by atoms with E-state index < -0.39 is 0 Å². The molecule has 1 heterocycles. The molecule has 0 atom stereocenters. The molecule has 0 unspecified atom stereocenters. The minimum atomic E-state index is 0.147. The molecule has 1 aromatic carbocycles. The maximum Gasteiger partial charge on any atom is 0.253 e. The number of fused-ring (bicyclic) bond motifs is 1. The highest BCUT2D eigenvalue weighted by Crippen LogP contribution is 2.23. The summed E-state index contributed by atoms with van der Waals surface area (Å²) in [6.45, 7) is 10.0. The first-order valence-electron chi connectivity index (χ1n) is 7.46. The summed E-state index contributed by atoms with van der Waals surface area (Å²) in [7, 11) is 0. The fourth-order valence-electron chi connectivity index (χ4n) is 2.63. The van der Waals surface area contributed by atoms with Crippen LogP contribution in [0.3, 0.4) is 0 Å². The van der Waals surface area contributed by atoms with E-state index in [1.54, 1.807) is 0 Å². The lowest BCUT2D eigenvalue weighted by atomic mass is 10.1. The minimum absolute atomic E-state index is 0.147. The Labute approximate surface area is 121 Å². The first kappa shape index (κ1) is 14.6. The van der Waals surface area contributed by atoms with Gasteiger partial charge in [0.1, 0.15) is 0 Å². The average Bonchev–Trinajstić information content (AvgIpc) is 2.73. The van der Waals surface area contributed by atoms with E-state index in [1.165, 1.54) is 11.3 Å². The minimum Gasteiger partial charge on any atom is -0.358 e. The SMILES string of the molecule is CCCN(CCC)C(=O)c1ccc2[nH]c(C)c(C)c2c1. The van der Waals surface area contributed by atoms with Gasteiger partial charge in [-0.15, -0.1) is 0 Å². The van der Waals surface area contributed by atoms with Crippen LogP contribution in [0.15, 0.2) is 18.2 Å². The zero-order chi connectivity index (χ0) is 14.7. The first-order chi connectivity index (χ1) is 9.58. The third-order valence-corrected chi connectivity index (χ3v) is 3.83. The first-order valence-corrected chi connectivity index (χ1v) is 7.46. The van der Waals surface area contributed by atoms with Crippen LogP contribution in [0, 0.1) is 13.8 Å². The molecule has 20 heavy (non-hydrogen) atoms. The highest BCUT2D eigenvalue weighted by molar-refractivity contribution is 5.99. The number of nitrogens with zero attached hydrogens (tertiary/aromatic N) is 1. The lowest BCUT2D eigenvalue weighted by Gasteiger charge is -2.21. The molecular formula is C17H24N2O. The lowest BCUT2D eigenvalue weighted by molar-refractivity contribution is 0.0756. The van der Waals surface area contributed by atoms with Crippen molar-refractivity contribution in [3.05, 3.63) is 35.0 Å². The molecule has 2 rings (SSSR count). The normalized spacial score (nSPS) is 11.0. The summed E-state index contributed by atoms with van der Waals surface area (Å²) in [6.07, 6.45) is 1.99. The van der Waals surface area contributed by atoms with E-state index in [4.69, 9.17) is 0 Å². The molecule has 2 aromatic rings. The van der Waals surface area contributed by atoms with Gasteiger partial charge in [-0.25, -0.2) is 0 Å². The smallest absolute Gasteiger partial charge is 0.253 e. The van der Waals surface area contributed by atoms with Gasteiger partial charge in [0.05, 0.1) is 0 Å². The Morgan fingerprint density at radius 3 is 2.40 bits per heavy atom. The van der Waals surface area contributed by atoms with Gasteiger partial charge in [0, 0.05) is 35.2 Å². The number of aromatic amines is 1. The number of H-pyrrole nitrogens is 1. The predicted molar refractivity (Wildman–Crippen MR) is 84.3 cm³/mol. The van der Waals surface area contributed by atoms with E-state index in [-0.39, 0.29) is 5.91 Å². The van der Waals surface area contributed by atoms with Crippen LogP contribution >= 0.6 is 0 Å². The van der Waals surface area contributed by atoms with Crippen molar-refractivity contribution in [2.45, 2.75) is 40.5 Å². The molecule has 0 saturated heterocycles. The Bertz CT molecular complexity index is 607. The molecule has 0 aliphatic carbocycles. The molecule has 0 aliphatic rings. The summed E-state index contributed by atoms with van der Waals surface area (Å²) in [5.74, 6) is 0.147. The molecule has 3 heteroatoms.